The lowest BCUT2D eigenvalue weighted by Gasteiger charge is -2.18. The van der Waals surface area contributed by atoms with Crippen LogP contribution in [0.15, 0.2) is 48.5 Å². The van der Waals surface area contributed by atoms with Crippen LogP contribution in [0.3, 0.4) is 0 Å². The Kier molecular flexibility index (Phi) is 5.41. The van der Waals surface area contributed by atoms with E-state index < -0.39 is 0 Å². The molecule has 2 amide bonds. The number of ether oxygens (including phenoxy) is 2. The van der Waals surface area contributed by atoms with Gasteiger partial charge in [-0.2, -0.15) is 0 Å². The van der Waals surface area contributed by atoms with Crippen molar-refractivity contribution in [2.45, 2.75) is 13.0 Å². The van der Waals surface area contributed by atoms with Crippen molar-refractivity contribution in [1.82, 2.24) is 4.90 Å². The molecule has 1 unspecified atom stereocenters. The van der Waals surface area contributed by atoms with E-state index >= 15 is 0 Å². The highest BCUT2D eigenvalue weighted by Crippen LogP contribution is 2.29. The smallest absolute Gasteiger partial charge is 0.229 e. The molecule has 0 spiro atoms. The first kappa shape index (κ1) is 17.8. The van der Waals surface area contributed by atoms with Gasteiger partial charge >= 0.3 is 0 Å². The molecule has 0 saturated carbocycles. The second kappa shape index (κ2) is 7.91. The number of hydrogen-bond donors (Lipinski definition) is 1. The summed E-state index contributed by atoms with van der Waals surface area (Å²) >= 11 is 0. The van der Waals surface area contributed by atoms with E-state index in [1.807, 2.05) is 48.5 Å². The number of rotatable bonds is 6. The Balaban J connectivity index is 1.64. The first-order valence-corrected chi connectivity index (χ1v) is 8.45. The van der Waals surface area contributed by atoms with Crippen molar-refractivity contribution in [3.8, 4) is 11.5 Å². The van der Waals surface area contributed by atoms with Crippen LogP contribution in [0.25, 0.3) is 0 Å². The Morgan fingerprint density at radius 3 is 2.54 bits per heavy atom. The summed E-state index contributed by atoms with van der Waals surface area (Å²) in [5.41, 5.74) is 1.67. The van der Waals surface area contributed by atoms with Gasteiger partial charge in [0.05, 0.1) is 20.1 Å². The van der Waals surface area contributed by atoms with E-state index in [4.69, 9.17) is 9.47 Å². The standard InChI is InChI=1S/C20H22N2O4/c1-25-17-9-8-14(10-18(17)26-2)12-22-13-15(11-19(22)23)20(24)21-16-6-4-3-5-7-16/h3-10,15H,11-13H2,1-2H3,(H,21,24). The average Bonchev–Trinajstić information content (AvgIpc) is 3.03. The highest BCUT2D eigenvalue weighted by atomic mass is 16.5. The van der Waals surface area contributed by atoms with Gasteiger partial charge in [0.25, 0.3) is 0 Å². The zero-order chi connectivity index (χ0) is 18.5. The molecule has 0 radical (unpaired) electrons. The van der Waals surface area contributed by atoms with E-state index in [-0.39, 0.29) is 24.2 Å². The van der Waals surface area contributed by atoms with Crippen LogP contribution in [-0.4, -0.2) is 37.5 Å². The molecule has 1 saturated heterocycles. The van der Waals surface area contributed by atoms with Gasteiger partial charge in [-0.1, -0.05) is 24.3 Å². The van der Waals surface area contributed by atoms with Gasteiger partial charge in [0.2, 0.25) is 11.8 Å². The highest BCUT2D eigenvalue weighted by molar-refractivity contribution is 5.97. The second-order valence-electron chi connectivity index (χ2n) is 6.22. The van der Waals surface area contributed by atoms with Crippen LogP contribution in [0.5, 0.6) is 11.5 Å². The molecule has 6 heteroatoms. The monoisotopic (exact) mass is 354 g/mol. The van der Waals surface area contributed by atoms with Crippen molar-refractivity contribution >= 4 is 17.5 Å². The highest BCUT2D eigenvalue weighted by Gasteiger charge is 2.34. The number of methoxy groups -OCH3 is 2. The third kappa shape index (κ3) is 3.96. The quantitative estimate of drug-likeness (QED) is 0.866. The maximum Gasteiger partial charge on any atom is 0.229 e. The number of para-hydroxylation sites is 1. The van der Waals surface area contributed by atoms with E-state index in [9.17, 15) is 9.59 Å². The van der Waals surface area contributed by atoms with Crippen molar-refractivity contribution in [2.24, 2.45) is 5.92 Å². The zero-order valence-corrected chi connectivity index (χ0v) is 14.9. The van der Waals surface area contributed by atoms with Crippen molar-refractivity contribution in [3.05, 3.63) is 54.1 Å². The van der Waals surface area contributed by atoms with Gasteiger partial charge in [-0.05, 0) is 29.8 Å². The molecule has 2 aromatic carbocycles. The molecule has 1 N–H and O–H groups in total. The summed E-state index contributed by atoms with van der Waals surface area (Å²) < 4.78 is 10.5. The molecule has 1 aliphatic heterocycles. The molecule has 0 aliphatic carbocycles. The normalized spacial score (nSPS) is 16.5. The first-order valence-electron chi connectivity index (χ1n) is 8.45. The molecule has 1 heterocycles. The number of carbonyl (C=O) groups is 2. The van der Waals surface area contributed by atoms with E-state index in [0.717, 1.165) is 11.3 Å². The number of anilines is 1. The van der Waals surface area contributed by atoms with Crippen LogP contribution in [0.4, 0.5) is 5.69 Å². The predicted octanol–water partition coefficient (Wildman–Crippen LogP) is 2.69. The average molecular weight is 354 g/mol. The minimum Gasteiger partial charge on any atom is -0.493 e. The summed E-state index contributed by atoms with van der Waals surface area (Å²) in [6.45, 7) is 0.847. The van der Waals surface area contributed by atoms with E-state index in [1.165, 1.54) is 0 Å². The van der Waals surface area contributed by atoms with Gasteiger partial charge < -0.3 is 19.7 Å². The fourth-order valence-electron chi connectivity index (χ4n) is 3.07. The minimum atomic E-state index is -0.345. The SMILES string of the molecule is COc1ccc(CN2CC(C(=O)Nc3ccccc3)CC2=O)cc1OC. The molecule has 1 aliphatic rings. The number of carbonyl (C=O) groups excluding carboxylic acids is 2. The largest absolute Gasteiger partial charge is 0.493 e. The van der Waals surface area contributed by atoms with Crippen LogP contribution < -0.4 is 14.8 Å². The van der Waals surface area contributed by atoms with Crippen LogP contribution in [0.2, 0.25) is 0 Å². The lowest BCUT2D eigenvalue weighted by Crippen LogP contribution is -2.28. The number of nitrogens with zero attached hydrogens (tertiary/aromatic N) is 1. The molecular weight excluding hydrogens is 332 g/mol. The molecule has 3 rings (SSSR count). The molecule has 26 heavy (non-hydrogen) atoms. The fraction of sp³-hybridized carbons (Fsp3) is 0.300. The maximum atomic E-state index is 12.4. The minimum absolute atomic E-state index is 0.0204. The molecule has 6 nitrogen and oxygen atoms in total. The first-order chi connectivity index (χ1) is 12.6. The molecule has 1 atom stereocenters. The Hall–Kier alpha value is -3.02. The molecule has 2 aromatic rings. The van der Waals surface area contributed by atoms with Crippen LogP contribution in [-0.2, 0) is 16.1 Å². The van der Waals surface area contributed by atoms with Gasteiger partial charge in [0, 0.05) is 25.2 Å². The van der Waals surface area contributed by atoms with Gasteiger partial charge in [0.15, 0.2) is 11.5 Å². The Morgan fingerprint density at radius 1 is 1.12 bits per heavy atom. The van der Waals surface area contributed by atoms with Gasteiger partial charge in [-0.25, -0.2) is 0 Å². The second-order valence-corrected chi connectivity index (χ2v) is 6.22. The van der Waals surface area contributed by atoms with E-state index in [2.05, 4.69) is 5.32 Å². The van der Waals surface area contributed by atoms with Crippen LogP contribution in [0.1, 0.15) is 12.0 Å². The summed E-state index contributed by atoms with van der Waals surface area (Å²) in [6, 6.07) is 14.8. The summed E-state index contributed by atoms with van der Waals surface area (Å²) in [6.07, 6.45) is 0.228. The Morgan fingerprint density at radius 2 is 1.85 bits per heavy atom. The molecule has 0 aromatic heterocycles. The third-order valence-electron chi connectivity index (χ3n) is 4.45. The van der Waals surface area contributed by atoms with E-state index in [1.54, 1.807) is 19.1 Å². The number of nitrogens with one attached hydrogen (secondary N) is 1. The molecule has 136 valence electrons. The molecule has 0 bridgehead atoms. The summed E-state index contributed by atoms with van der Waals surface area (Å²) in [7, 11) is 3.16. The van der Waals surface area contributed by atoms with Gasteiger partial charge in [-0.15, -0.1) is 0 Å². The number of hydrogen-bond acceptors (Lipinski definition) is 4. The number of likely N-dealkylation sites (tertiary alicyclic amines) is 1. The van der Waals surface area contributed by atoms with Gasteiger partial charge in [0.1, 0.15) is 0 Å². The maximum absolute atomic E-state index is 12.4. The van der Waals surface area contributed by atoms with Crippen molar-refractivity contribution in [1.29, 1.82) is 0 Å². The molecule has 1 fully saturated rings. The number of amides is 2. The van der Waals surface area contributed by atoms with Crippen LogP contribution in [0, 0.1) is 5.92 Å². The van der Waals surface area contributed by atoms with Crippen molar-refractivity contribution in [3.63, 3.8) is 0 Å². The third-order valence-corrected chi connectivity index (χ3v) is 4.45. The number of benzene rings is 2. The lowest BCUT2D eigenvalue weighted by molar-refractivity contribution is -0.128. The van der Waals surface area contributed by atoms with Crippen LogP contribution >= 0.6 is 0 Å². The summed E-state index contributed by atoms with van der Waals surface area (Å²) in [4.78, 5) is 26.4. The Bertz CT molecular complexity index is 792. The van der Waals surface area contributed by atoms with E-state index in [0.29, 0.717) is 24.6 Å². The van der Waals surface area contributed by atoms with Crippen molar-refractivity contribution in [2.75, 3.05) is 26.1 Å². The zero-order valence-electron chi connectivity index (χ0n) is 14.9. The lowest BCUT2D eigenvalue weighted by atomic mass is 10.1. The molecular formula is C20H22N2O4. The topological polar surface area (TPSA) is 67.9 Å². The van der Waals surface area contributed by atoms with Crippen molar-refractivity contribution < 1.29 is 19.1 Å². The Labute approximate surface area is 152 Å². The summed E-state index contributed by atoms with van der Waals surface area (Å²) in [5.74, 6) is 0.773. The summed E-state index contributed by atoms with van der Waals surface area (Å²) in [5, 5.41) is 2.87. The van der Waals surface area contributed by atoms with Gasteiger partial charge in [-0.3, -0.25) is 9.59 Å². The fourth-order valence-corrected chi connectivity index (χ4v) is 3.07. The predicted molar refractivity (Wildman–Crippen MR) is 98.1 cm³/mol.